The van der Waals surface area contributed by atoms with Crippen LogP contribution in [0.4, 0.5) is 0 Å². The van der Waals surface area contributed by atoms with E-state index >= 15 is 0 Å². The minimum atomic E-state index is -0.0381. The van der Waals surface area contributed by atoms with Crippen molar-refractivity contribution >= 4 is 0 Å². The SMILES string of the molecule is CCNC(c1ccc2c(c1)CC(C)(C)O2)C1CC2CC2C1. The molecule has 2 saturated carbocycles. The van der Waals surface area contributed by atoms with Gasteiger partial charge in [-0.2, -0.15) is 0 Å². The Morgan fingerprint density at radius 2 is 2.00 bits per heavy atom. The van der Waals surface area contributed by atoms with Gasteiger partial charge in [-0.15, -0.1) is 0 Å². The summed E-state index contributed by atoms with van der Waals surface area (Å²) >= 11 is 0. The molecule has 0 radical (unpaired) electrons. The molecule has 1 heterocycles. The summed E-state index contributed by atoms with van der Waals surface area (Å²) in [6.07, 6.45) is 5.40. The van der Waals surface area contributed by atoms with Crippen LogP contribution in [0.25, 0.3) is 0 Å². The highest BCUT2D eigenvalue weighted by Crippen LogP contribution is 2.57. The van der Waals surface area contributed by atoms with E-state index < -0.39 is 0 Å². The van der Waals surface area contributed by atoms with Gasteiger partial charge in [0.1, 0.15) is 11.4 Å². The Bertz CT molecular complexity index is 540. The van der Waals surface area contributed by atoms with Crippen LogP contribution in [0.15, 0.2) is 18.2 Å². The van der Waals surface area contributed by atoms with E-state index in [1.54, 1.807) is 0 Å². The van der Waals surface area contributed by atoms with E-state index in [-0.39, 0.29) is 5.60 Å². The van der Waals surface area contributed by atoms with Crippen LogP contribution in [-0.2, 0) is 6.42 Å². The van der Waals surface area contributed by atoms with Gasteiger partial charge in [0.15, 0.2) is 0 Å². The largest absolute Gasteiger partial charge is 0.487 e. The van der Waals surface area contributed by atoms with E-state index in [1.165, 1.54) is 30.4 Å². The van der Waals surface area contributed by atoms with Crippen molar-refractivity contribution in [2.45, 2.75) is 58.1 Å². The molecule has 0 bridgehead atoms. The van der Waals surface area contributed by atoms with Crippen LogP contribution in [0.1, 0.15) is 57.2 Å². The third-order valence-corrected chi connectivity index (χ3v) is 5.62. The second kappa shape index (κ2) is 4.74. The average Bonchev–Trinajstić information content (AvgIpc) is 2.90. The maximum atomic E-state index is 6.02. The molecule has 3 unspecified atom stereocenters. The number of hydrogen-bond donors (Lipinski definition) is 1. The van der Waals surface area contributed by atoms with E-state index in [1.807, 2.05) is 0 Å². The molecule has 0 spiro atoms. The van der Waals surface area contributed by atoms with Crippen LogP contribution < -0.4 is 10.1 Å². The fourth-order valence-corrected chi connectivity index (χ4v) is 4.63. The number of fused-ring (bicyclic) bond motifs is 2. The van der Waals surface area contributed by atoms with Gasteiger partial charge in [-0.25, -0.2) is 0 Å². The standard InChI is InChI=1S/C19H27NO/c1-4-20-18(15-9-13-8-14(13)10-15)12-5-6-17-16(7-12)11-19(2,3)21-17/h5-7,13-15,18,20H,4,8-11H2,1-3H3. The number of ether oxygens (including phenoxy) is 1. The summed E-state index contributed by atoms with van der Waals surface area (Å²) in [5.41, 5.74) is 2.83. The molecule has 2 aliphatic carbocycles. The minimum absolute atomic E-state index is 0.0381. The van der Waals surface area contributed by atoms with Gasteiger partial charge in [-0.05, 0) is 74.6 Å². The number of hydrogen-bond acceptors (Lipinski definition) is 2. The summed E-state index contributed by atoms with van der Waals surface area (Å²) in [5, 5.41) is 3.75. The highest BCUT2D eigenvalue weighted by molar-refractivity contribution is 5.43. The molecule has 2 heteroatoms. The fraction of sp³-hybridized carbons (Fsp3) is 0.684. The third kappa shape index (κ3) is 2.48. The Labute approximate surface area is 128 Å². The van der Waals surface area contributed by atoms with Crippen molar-refractivity contribution in [2.75, 3.05) is 6.54 Å². The van der Waals surface area contributed by atoms with Crippen LogP contribution in [0.2, 0.25) is 0 Å². The first kappa shape index (κ1) is 13.6. The van der Waals surface area contributed by atoms with Crippen molar-refractivity contribution in [3.63, 3.8) is 0 Å². The van der Waals surface area contributed by atoms with E-state index in [2.05, 4.69) is 44.3 Å². The normalized spacial score (nSPS) is 33.2. The highest BCUT2D eigenvalue weighted by Gasteiger charge is 2.48. The smallest absolute Gasteiger partial charge is 0.123 e. The quantitative estimate of drug-likeness (QED) is 0.899. The van der Waals surface area contributed by atoms with Crippen molar-refractivity contribution in [2.24, 2.45) is 17.8 Å². The lowest BCUT2D eigenvalue weighted by atomic mass is 9.87. The topological polar surface area (TPSA) is 21.3 Å². The molecular formula is C19H27NO. The molecule has 0 saturated heterocycles. The van der Waals surface area contributed by atoms with Gasteiger partial charge >= 0.3 is 0 Å². The Morgan fingerprint density at radius 1 is 1.24 bits per heavy atom. The molecule has 1 aliphatic heterocycles. The molecule has 1 aromatic carbocycles. The van der Waals surface area contributed by atoms with Crippen LogP contribution in [0, 0.1) is 17.8 Å². The molecule has 1 aromatic rings. The van der Waals surface area contributed by atoms with Gasteiger partial charge < -0.3 is 10.1 Å². The predicted molar refractivity (Wildman–Crippen MR) is 85.6 cm³/mol. The lowest BCUT2D eigenvalue weighted by Gasteiger charge is -2.26. The molecular weight excluding hydrogens is 258 g/mol. The highest BCUT2D eigenvalue weighted by atomic mass is 16.5. The minimum Gasteiger partial charge on any atom is -0.487 e. The summed E-state index contributed by atoms with van der Waals surface area (Å²) in [4.78, 5) is 0. The first-order valence-corrected chi connectivity index (χ1v) is 8.61. The summed E-state index contributed by atoms with van der Waals surface area (Å²) in [5.74, 6) is 4.02. The number of nitrogens with one attached hydrogen (secondary N) is 1. The zero-order chi connectivity index (χ0) is 14.6. The molecule has 3 atom stereocenters. The zero-order valence-electron chi connectivity index (χ0n) is 13.5. The van der Waals surface area contributed by atoms with Gasteiger partial charge in [0, 0.05) is 12.5 Å². The fourth-order valence-electron chi connectivity index (χ4n) is 4.63. The lowest BCUT2D eigenvalue weighted by Crippen LogP contribution is -2.27. The van der Waals surface area contributed by atoms with Crippen molar-refractivity contribution in [3.8, 4) is 5.75 Å². The van der Waals surface area contributed by atoms with E-state index in [4.69, 9.17) is 4.74 Å². The summed E-state index contributed by atoms with van der Waals surface area (Å²) in [6.45, 7) is 7.63. The molecule has 114 valence electrons. The molecule has 0 aromatic heterocycles. The van der Waals surface area contributed by atoms with Crippen molar-refractivity contribution in [1.29, 1.82) is 0 Å². The monoisotopic (exact) mass is 285 g/mol. The Kier molecular flexibility index (Phi) is 3.08. The molecule has 2 nitrogen and oxygen atoms in total. The first-order valence-electron chi connectivity index (χ1n) is 8.61. The molecule has 3 aliphatic rings. The number of benzene rings is 1. The second-order valence-corrected chi connectivity index (χ2v) is 7.93. The van der Waals surface area contributed by atoms with Crippen molar-refractivity contribution in [3.05, 3.63) is 29.3 Å². The van der Waals surface area contributed by atoms with Crippen LogP contribution in [-0.4, -0.2) is 12.1 Å². The molecule has 21 heavy (non-hydrogen) atoms. The van der Waals surface area contributed by atoms with Crippen molar-refractivity contribution < 1.29 is 4.74 Å². The Balaban J connectivity index is 1.59. The molecule has 4 rings (SSSR count). The maximum Gasteiger partial charge on any atom is 0.123 e. The Hall–Kier alpha value is -1.02. The van der Waals surface area contributed by atoms with E-state index in [9.17, 15) is 0 Å². The Morgan fingerprint density at radius 3 is 2.71 bits per heavy atom. The third-order valence-electron chi connectivity index (χ3n) is 5.62. The summed E-state index contributed by atoms with van der Waals surface area (Å²) < 4.78 is 6.02. The van der Waals surface area contributed by atoms with Gasteiger partial charge in [0.2, 0.25) is 0 Å². The van der Waals surface area contributed by atoms with Crippen LogP contribution in [0.5, 0.6) is 5.75 Å². The van der Waals surface area contributed by atoms with Gasteiger partial charge in [0.25, 0.3) is 0 Å². The van der Waals surface area contributed by atoms with Crippen LogP contribution >= 0.6 is 0 Å². The van der Waals surface area contributed by atoms with E-state index in [0.29, 0.717) is 6.04 Å². The zero-order valence-corrected chi connectivity index (χ0v) is 13.5. The molecule has 1 N–H and O–H groups in total. The first-order chi connectivity index (χ1) is 10.1. The lowest BCUT2D eigenvalue weighted by molar-refractivity contribution is 0.138. The van der Waals surface area contributed by atoms with Crippen LogP contribution in [0.3, 0.4) is 0 Å². The molecule has 2 fully saturated rings. The summed E-state index contributed by atoms with van der Waals surface area (Å²) in [7, 11) is 0. The van der Waals surface area contributed by atoms with Gasteiger partial charge in [-0.3, -0.25) is 0 Å². The van der Waals surface area contributed by atoms with E-state index in [0.717, 1.165) is 36.5 Å². The van der Waals surface area contributed by atoms with Gasteiger partial charge in [0.05, 0.1) is 0 Å². The second-order valence-electron chi connectivity index (χ2n) is 7.93. The van der Waals surface area contributed by atoms with Crippen molar-refractivity contribution in [1.82, 2.24) is 5.32 Å². The van der Waals surface area contributed by atoms with Gasteiger partial charge in [-0.1, -0.05) is 19.1 Å². The number of rotatable bonds is 4. The average molecular weight is 285 g/mol. The maximum absolute atomic E-state index is 6.02. The predicted octanol–water partition coefficient (Wildman–Crippen LogP) is 4.10. The molecule has 0 amide bonds. The summed E-state index contributed by atoms with van der Waals surface area (Å²) in [6, 6.07) is 7.43.